The largest absolute Gasteiger partial charge is 0.497 e. The smallest absolute Gasteiger partial charge is 0.187 e. The van der Waals surface area contributed by atoms with Crippen LogP contribution in [0.2, 0.25) is 0 Å². The van der Waals surface area contributed by atoms with Crippen molar-refractivity contribution in [2.24, 2.45) is 0 Å². The lowest BCUT2D eigenvalue weighted by atomic mass is 10.1. The molecule has 0 spiro atoms. The van der Waals surface area contributed by atoms with Gasteiger partial charge in [-0.2, -0.15) is 0 Å². The van der Waals surface area contributed by atoms with Gasteiger partial charge in [0.25, 0.3) is 0 Å². The van der Waals surface area contributed by atoms with Gasteiger partial charge >= 0.3 is 0 Å². The molecule has 22 heavy (non-hydrogen) atoms. The third-order valence-electron chi connectivity index (χ3n) is 2.96. The fourth-order valence-corrected chi connectivity index (χ4v) is 1.90. The summed E-state index contributed by atoms with van der Waals surface area (Å²) in [6.45, 7) is 1.63. The number of ketones is 1. The quantitative estimate of drug-likeness (QED) is 0.665. The Kier molecular flexibility index (Phi) is 4.88. The molecular formula is C17H15F2NO2. The van der Waals surface area contributed by atoms with Gasteiger partial charge < -0.3 is 10.1 Å². The van der Waals surface area contributed by atoms with Crippen LogP contribution in [0.4, 0.5) is 14.5 Å². The van der Waals surface area contributed by atoms with Crippen molar-refractivity contribution < 1.29 is 18.3 Å². The Hall–Kier alpha value is -2.69. The zero-order valence-corrected chi connectivity index (χ0v) is 12.2. The van der Waals surface area contributed by atoms with E-state index in [1.165, 1.54) is 19.3 Å². The number of rotatable bonds is 5. The Morgan fingerprint density at radius 1 is 1.18 bits per heavy atom. The SMILES string of the molecule is COc1cccc(C(=O)/C=C(/C)Nc2ccc(F)cc2F)c1. The molecule has 0 heterocycles. The molecule has 0 saturated heterocycles. The topological polar surface area (TPSA) is 38.3 Å². The molecule has 1 N–H and O–H groups in total. The second-order valence-electron chi connectivity index (χ2n) is 4.67. The zero-order chi connectivity index (χ0) is 16.1. The molecule has 114 valence electrons. The number of benzene rings is 2. The standard InChI is InChI=1S/C17H15F2NO2/c1-11(20-16-7-6-13(18)10-15(16)19)8-17(21)12-4-3-5-14(9-12)22-2/h3-10,20H,1-2H3/b11-8-. The van der Waals surface area contributed by atoms with Crippen LogP contribution in [0.25, 0.3) is 0 Å². The van der Waals surface area contributed by atoms with E-state index in [9.17, 15) is 13.6 Å². The van der Waals surface area contributed by atoms with Gasteiger partial charge in [0, 0.05) is 23.4 Å². The predicted octanol–water partition coefficient (Wildman–Crippen LogP) is 4.17. The van der Waals surface area contributed by atoms with Crippen LogP contribution in [0.15, 0.2) is 54.2 Å². The molecule has 3 nitrogen and oxygen atoms in total. The van der Waals surface area contributed by atoms with E-state index in [-0.39, 0.29) is 11.5 Å². The first-order valence-electron chi connectivity index (χ1n) is 6.58. The Balaban J connectivity index is 2.15. The van der Waals surface area contributed by atoms with Crippen molar-refractivity contribution in [1.29, 1.82) is 0 Å². The second-order valence-corrected chi connectivity index (χ2v) is 4.67. The van der Waals surface area contributed by atoms with E-state index in [4.69, 9.17) is 4.74 Å². The number of hydrogen-bond acceptors (Lipinski definition) is 3. The number of carbonyl (C=O) groups is 1. The van der Waals surface area contributed by atoms with Crippen molar-refractivity contribution in [2.45, 2.75) is 6.92 Å². The lowest BCUT2D eigenvalue weighted by Crippen LogP contribution is -2.03. The van der Waals surface area contributed by atoms with Gasteiger partial charge in [0.15, 0.2) is 5.78 Å². The van der Waals surface area contributed by atoms with E-state index in [2.05, 4.69) is 5.32 Å². The van der Waals surface area contributed by atoms with E-state index in [0.717, 1.165) is 12.1 Å². The molecule has 0 bridgehead atoms. The number of nitrogens with one attached hydrogen (secondary N) is 1. The van der Waals surface area contributed by atoms with Crippen molar-refractivity contribution in [3.8, 4) is 5.75 Å². The molecular weight excluding hydrogens is 288 g/mol. The van der Waals surface area contributed by atoms with Crippen LogP contribution in [0.1, 0.15) is 17.3 Å². The summed E-state index contributed by atoms with van der Waals surface area (Å²) < 4.78 is 31.4. The van der Waals surface area contributed by atoms with E-state index in [1.54, 1.807) is 31.2 Å². The van der Waals surface area contributed by atoms with Gasteiger partial charge in [-0.3, -0.25) is 4.79 Å². The Morgan fingerprint density at radius 3 is 2.64 bits per heavy atom. The minimum atomic E-state index is -0.721. The lowest BCUT2D eigenvalue weighted by Gasteiger charge is -2.08. The van der Waals surface area contributed by atoms with Crippen molar-refractivity contribution in [3.05, 3.63) is 71.4 Å². The van der Waals surface area contributed by atoms with Crippen molar-refractivity contribution in [1.82, 2.24) is 0 Å². The Bertz CT molecular complexity index is 726. The fourth-order valence-electron chi connectivity index (χ4n) is 1.90. The maximum atomic E-state index is 13.5. The van der Waals surface area contributed by atoms with Crippen molar-refractivity contribution >= 4 is 11.5 Å². The molecule has 0 amide bonds. The molecule has 0 aliphatic heterocycles. The fraction of sp³-hybridized carbons (Fsp3) is 0.118. The van der Waals surface area contributed by atoms with Gasteiger partial charge in [0.05, 0.1) is 12.8 Å². The monoisotopic (exact) mass is 303 g/mol. The predicted molar refractivity (Wildman–Crippen MR) is 81.1 cm³/mol. The van der Waals surface area contributed by atoms with Crippen LogP contribution >= 0.6 is 0 Å². The van der Waals surface area contributed by atoms with Crippen LogP contribution in [-0.2, 0) is 0 Å². The van der Waals surface area contributed by atoms with E-state index >= 15 is 0 Å². The number of carbonyl (C=O) groups excluding carboxylic acids is 1. The van der Waals surface area contributed by atoms with Gasteiger partial charge in [-0.1, -0.05) is 12.1 Å². The summed E-state index contributed by atoms with van der Waals surface area (Å²) in [7, 11) is 1.52. The molecule has 0 unspecified atom stereocenters. The number of allylic oxidation sites excluding steroid dienone is 2. The Labute approximate surface area is 127 Å². The molecule has 0 aliphatic rings. The summed E-state index contributed by atoms with van der Waals surface area (Å²) >= 11 is 0. The van der Waals surface area contributed by atoms with Gasteiger partial charge in [-0.05, 0) is 31.2 Å². The molecule has 0 aliphatic carbocycles. The average Bonchev–Trinajstić information content (AvgIpc) is 2.50. The average molecular weight is 303 g/mol. The van der Waals surface area contributed by atoms with Crippen LogP contribution in [0.3, 0.4) is 0 Å². The van der Waals surface area contributed by atoms with Crippen molar-refractivity contribution in [3.63, 3.8) is 0 Å². The molecule has 0 fully saturated rings. The van der Waals surface area contributed by atoms with E-state index < -0.39 is 11.6 Å². The highest BCUT2D eigenvalue weighted by molar-refractivity contribution is 6.05. The molecule has 0 atom stereocenters. The summed E-state index contributed by atoms with van der Waals surface area (Å²) in [4.78, 5) is 12.1. The third-order valence-corrected chi connectivity index (χ3v) is 2.96. The lowest BCUT2D eigenvalue weighted by molar-refractivity contribution is 0.104. The number of methoxy groups -OCH3 is 1. The highest BCUT2D eigenvalue weighted by Crippen LogP contribution is 2.18. The van der Waals surface area contributed by atoms with Crippen LogP contribution < -0.4 is 10.1 Å². The van der Waals surface area contributed by atoms with E-state index in [0.29, 0.717) is 17.0 Å². The van der Waals surface area contributed by atoms with Crippen LogP contribution in [-0.4, -0.2) is 12.9 Å². The molecule has 2 rings (SSSR count). The van der Waals surface area contributed by atoms with Gasteiger partial charge in [0.2, 0.25) is 0 Å². The highest BCUT2D eigenvalue weighted by Gasteiger charge is 2.07. The first-order chi connectivity index (χ1) is 10.5. The first-order valence-corrected chi connectivity index (χ1v) is 6.58. The number of ether oxygens (including phenoxy) is 1. The van der Waals surface area contributed by atoms with Gasteiger partial charge in [-0.25, -0.2) is 8.78 Å². The molecule has 0 aromatic heterocycles. The summed E-state index contributed by atoms with van der Waals surface area (Å²) in [6.07, 6.45) is 1.34. The van der Waals surface area contributed by atoms with E-state index in [1.807, 2.05) is 0 Å². The minimum absolute atomic E-state index is 0.105. The molecule has 2 aromatic carbocycles. The third kappa shape index (κ3) is 3.91. The maximum Gasteiger partial charge on any atom is 0.187 e. The first kappa shape index (κ1) is 15.7. The van der Waals surface area contributed by atoms with Crippen LogP contribution in [0, 0.1) is 11.6 Å². The maximum absolute atomic E-state index is 13.5. The normalized spacial score (nSPS) is 11.2. The number of halogens is 2. The van der Waals surface area contributed by atoms with Crippen molar-refractivity contribution in [2.75, 3.05) is 12.4 Å². The summed E-state index contributed by atoms with van der Waals surface area (Å²) in [5, 5.41) is 2.73. The second kappa shape index (κ2) is 6.85. The zero-order valence-electron chi connectivity index (χ0n) is 12.2. The molecule has 5 heteroatoms. The summed E-state index contributed by atoms with van der Waals surface area (Å²) in [5.41, 5.74) is 1.01. The van der Waals surface area contributed by atoms with Gasteiger partial charge in [0.1, 0.15) is 17.4 Å². The summed E-state index contributed by atoms with van der Waals surface area (Å²) in [6, 6.07) is 9.92. The molecule has 2 aromatic rings. The van der Waals surface area contributed by atoms with Gasteiger partial charge in [-0.15, -0.1) is 0 Å². The Morgan fingerprint density at radius 2 is 1.95 bits per heavy atom. The van der Waals surface area contributed by atoms with Crippen LogP contribution in [0.5, 0.6) is 5.75 Å². The molecule has 0 saturated carbocycles. The minimum Gasteiger partial charge on any atom is -0.497 e. The molecule has 0 radical (unpaired) electrons. The number of hydrogen-bond donors (Lipinski definition) is 1. The summed E-state index contributed by atoms with van der Waals surface area (Å²) in [5.74, 6) is -1.04. The number of anilines is 1. The highest BCUT2D eigenvalue weighted by atomic mass is 19.1.